The second-order valence-corrected chi connectivity index (χ2v) is 4.60. The summed E-state index contributed by atoms with van der Waals surface area (Å²) in [5.41, 5.74) is 1.75. The van der Waals surface area contributed by atoms with Gasteiger partial charge in [0.2, 0.25) is 5.91 Å². The molecule has 0 radical (unpaired) electrons. The first-order valence-corrected chi connectivity index (χ1v) is 6.65. The van der Waals surface area contributed by atoms with E-state index in [4.69, 9.17) is 0 Å². The fraction of sp³-hybridized carbons (Fsp3) is 0.250. The summed E-state index contributed by atoms with van der Waals surface area (Å²) in [6.07, 6.45) is 1.97. The van der Waals surface area contributed by atoms with Gasteiger partial charge >= 0.3 is 0 Å². The van der Waals surface area contributed by atoms with Crippen LogP contribution in [0.15, 0.2) is 29.4 Å². The Bertz CT molecular complexity index is 562. The number of thioether (sulfide) groups is 1. The van der Waals surface area contributed by atoms with Gasteiger partial charge in [-0.05, 0) is 30.5 Å². The topological polar surface area (TPSA) is 59.8 Å². The number of anilines is 1. The Hall–Kier alpha value is -1.82. The van der Waals surface area contributed by atoms with Crippen LogP contribution in [0.1, 0.15) is 6.92 Å². The molecule has 1 heterocycles. The molecule has 0 aliphatic rings. The van der Waals surface area contributed by atoms with Crippen molar-refractivity contribution in [2.24, 2.45) is 7.05 Å². The van der Waals surface area contributed by atoms with Gasteiger partial charge in [0.1, 0.15) is 0 Å². The molecule has 0 saturated carbocycles. The fourth-order valence-corrected chi connectivity index (χ4v) is 2.13. The van der Waals surface area contributed by atoms with Crippen LogP contribution >= 0.6 is 11.8 Å². The van der Waals surface area contributed by atoms with Crippen LogP contribution in [0.4, 0.5) is 5.69 Å². The molecule has 1 N–H and O–H groups in total. The van der Waals surface area contributed by atoms with E-state index in [1.807, 2.05) is 42.1 Å². The summed E-state index contributed by atoms with van der Waals surface area (Å²) in [6, 6.07) is 7.53. The molecule has 0 unspecified atom stereocenters. The number of benzene rings is 1. The highest BCUT2D eigenvalue weighted by molar-refractivity contribution is 7.98. The van der Waals surface area contributed by atoms with E-state index in [1.54, 1.807) is 11.8 Å². The molecular weight excluding hydrogens is 248 g/mol. The van der Waals surface area contributed by atoms with Gasteiger partial charge in [0.25, 0.3) is 0 Å². The number of carbonyl (C=O) groups excluding carboxylic acids is 1. The van der Waals surface area contributed by atoms with Crippen molar-refractivity contribution in [1.29, 1.82) is 0 Å². The van der Waals surface area contributed by atoms with Crippen LogP contribution in [0.25, 0.3) is 11.4 Å². The summed E-state index contributed by atoms with van der Waals surface area (Å²) >= 11 is 1.55. The van der Waals surface area contributed by atoms with Crippen LogP contribution in [0.5, 0.6) is 0 Å². The molecule has 18 heavy (non-hydrogen) atoms. The summed E-state index contributed by atoms with van der Waals surface area (Å²) in [5, 5.41) is 11.8. The average Bonchev–Trinajstić information content (AvgIpc) is 2.71. The standard InChI is InChI=1S/C12H14N4OS/c1-8(17)13-10-6-4-9(5-7-10)11-14-15-12(18-3)16(11)2/h4-7H,1-3H3,(H,13,17). The van der Waals surface area contributed by atoms with Crippen LogP contribution in [0, 0.1) is 0 Å². The molecule has 0 atom stereocenters. The van der Waals surface area contributed by atoms with Gasteiger partial charge in [-0.25, -0.2) is 0 Å². The molecule has 0 bridgehead atoms. The summed E-state index contributed by atoms with van der Waals surface area (Å²) in [6.45, 7) is 1.49. The molecule has 0 fully saturated rings. The Balaban J connectivity index is 2.28. The number of aromatic nitrogens is 3. The summed E-state index contributed by atoms with van der Waals surface area (Å²) in [7, 11) is 1.93. The quantitative estimate of drug-likeness (QED) is 0.861. The Kier molecular flexibility index (Phi) is 3.66. The van der Waals surface area contributed by atoms with Gasteiger partial charge in [0.05, 0.1) is 0 Å². The Morgan fingerprint density at radius 1 is 1.28 bits per heavy atom. The van der Waals surface area contributed by atoms with Gasteiger partial charge < -0.3 is 9.88 Å². The van der Waals surface area contributed by atoms with Crippen molar-refractivity contribution < 1.29 is 4.79 Å². The van der Waals surface area contributed by atoms with E-state index in [0.29, 0.717) is 0 Å². The van der Waals surface area contributed by atoms with Gasteiger partial charge in [-0.1, -0.05) is 11.8 Å². The molecule has 0 spiro atoms. The smallest absolute Gasteiger partial charge is 0.221 e. The largest absolute Gasteiger partial charge is 0.326 e. The van der Waals surface area contributed by atoms with Gasteiger partial charge in [-0.15, -0.1) is 10.2 Å². The molecule has 0 saturated heterocycles. The molecule has 6 heteroatoms. The van der Waals surface area contributed by atoms with E-state index in [-0.39, 0.29) is 5.91 Å². The van der Waals surface area contributed by atoms with Crippen LogP contribution in [0.2, 0.25) is 0 Å². The zero-order valence-corrected chi connectivity index (χ0v) is 11.3. The van der Waals surface area contributed by atoms with Crippen molar-refractivity contribution in [2.45, 2.75) is 12.1 Å². The van der Waals surface area contributed by atoms with Gasteiger partial charge in [0, 0.05) is 25.2 Å². The Morgan fingerprint density at radius 3 is 2.44 bits per heavy atom. The lowest BCUT2D eigenvalue weighted by Gasteiger charge is -2.04. The maximum absolute atomic E-state index is 10.9. The number of nitrogens with one attached hydrogen (secondary N) is 1. The molecule has 1 aromatic heterocycles. The number of hydrogen-bond acceptors (Lipinski definition) is 4. The van der Waals surface area contributed by atoms with Crippen molar-refractivity contribution in [3.63, 3.8) is 0 Å². The monoisotopic (exact) mass is 262 g/mol. The fourth-order valence-electron chi connectivity index (χ4n) is 1.65. The van der Waals surface area contributed by atoms with Crippen LogP contribution in [-0.4, -0.2) is 26.9 Å². The van der Waals surface area contributed by atoms with Crippen molar-refractivity contribution >= 4 is 23.4 Å². The molecular formula is C12H14N4OS. The molecule has 94 valence electrons. The van der Waals surface area contributed by atoms with Crippen molar-refractivity contribution in [3.8, 4) is 11.4 Å². The molecule has 1 aromatic carbocycles. The third kappa shape index (κ3) is 2.53. The second kappa shape index (κ2) is 5.22. The van der Waals surface area contributed by atoms with Gasteiger partial charge in [-0.3, -0.25) is 4.79 Å². The minimum atomic E-state index is -0.0777. The van der Waals surface area contributed by atoms with Crippen LogP contribution < -0.4 is 5.32 Å². The van der Waals surface area contributed by atoms with Gasteiger partial charge in [0.15, 0.2) is 11.0 Å². The highest BCUT2D eigenvalue weighted by Gasteiger charge is 2.09. The van der Waals surface area contributed by atoms with E-state index < -0.39 is 0 Å². The first-order valence-electron chi connectivity index (χ1n) is 5.43. The lowest BCUT2D eigenvalue weighted by Crippen LogP contribution is -2.05. The van der Waals surface area contributed by atoms with E-state index in [2.05, 4.69) is 15.5 Å². The first kappa shape index (κ1) is 12.6. The van der Waals surface area contributed by atoms with Crippen molar-refractivity contribution in [1.82, 2.24) is 14.8 Å². The Labute approximate surface area is 110 Å². The minimum absolute atomic E-state index is 0.0777. The third-order valence-electron chi connectivity index (χ3n) is 2.48. The predicted molar refractivity (Wildman–Crippen MR) is 72.5 cm³/mol. The predicted octanol–water partition coefficient (Wildman–Crippen LogP) is 2.16. The van der Waals surface area contributed by atoms with E-state index in [9.17, 15) is 4.79 Å². The average molecular weight is 262 g/mol. The number of amides is 1. The zero-order valence-electron chi connectivity index (χ0n) is 10.5. The zero-order chi connectivity index (χ0) is 13.1. The van der Waals surface area contributed by atoms with E-state index in [1.165, 1.54) is 6.92 Å². The number of rotatable bonds is 3. The van der Waals surface area contributed by atoms with E-state index in [0.717, 1.165) is 22.2 Å². The maximum Gasteiger partial charge on any atom is 0.221 e. The van der Waals surface area contributed by atoms with Crippen molar-refractivity contribution in [2.75, 3.05) is 11.6 Å². The molecule has 0 aliphatic heterocycles. The lowest BCUT2D eigenvalue weighted by molar-refractivity contribution is -0.114. The lowest BCUT2D eigenvalue weighted by atomic mass is 10.2. The summed E-state index contributed by atoms with van der Waals surface area (Å²) in [4.78, 5) is 10.9. The molecule has 1 amide bonds. The first-order chi connectivity index (χ1) is 8.61. The van der Waals surface area contributed by atoms with Crippen LogP contribution in [0.3, 0.4) is 0 Å². The summed E-state index contributed by atoms with van der Waals surface area (Å²) in [5.74, 6) is 0.736. The SMILES string of the molecule is CSc1nnc(-c2ccc(NC(C)=O)cc2)n1C. The maximum atomic E-state index is 10.9. The summed E-state index contributed by atoms with van der Waals surface area (Å²) < 4.78 is 1.94. The van der Waals surface area contributed by atoms with E-state index >= 15 is 0 Å². The normalized spacial score (nSPS) is 10.4. The number of nitrogens with zero attached hydrogens (tertiary/aromatic N) is 3. The number of hydrogen-bond donors (Lipinski definition) is 1. The minimum Gasteiger partial charge on any atom is -0.326 e. The molecule has 2 rings (SSSR count). The third-order valence-corrected chi connectivity index (χ3v) is 3.20. The molecule has 0 aliphatic carbocycles. The van der Waals surface area contributed by atoms with Crippen LogP contribution in [-0.2, 0) is 11.8 Å². The second-order valence-electron chi connectivity index (χ2n) is 3.83. The highest BCUT2D eigenvalue weighted by Crippen LogP contribution is 2.22. The highest BCUT2D eigenvalue weighted by atomic mass is 32.2. The Morgan fingerprint density at radius 2 is 1.94 bits per heavy atom. The van der Waals surface area contributed by atoms with Crippen molar-refractivity contribution in [3.05, 3.63) is 24.3 Å². The molecule has 5 nitrogen and oxygen atoms in total. The number of carbonyl (C=O) groups is 1. The molecule has 2 aromatic rings. The van der Waals surface area contributed by atoms with Gasteiger partial charge in [-0.2, -0.15) is 0 Å².